The Morgan fingerprint density at radius 3 is 2.79 bits per heavy atom. The van der Waals surface area contributed by atoms with Gasteiger partial charge in [-0.15, -0.1) is 0 Å². The molecule has 0 aromatic heterocycles. The van der Waals surface area contributed by atoms with Crippen LogP contribution >= 0.6 is 0 Å². The number of ether oxygens (including phenoxy) is 1. The summed E-state index contributed by atoms with van der Waals surface area (Å²) in [7, 11) is 4.08. The van der Waals surface area contributed by atoms with Crippen LogP contribution in [0, 0.1) is 5.92 Å². The summed E-state index contributed by atoms with van der Waals surface area (Å²) in [5.74, 6) is 1.93. The Hall–Kier alpha value is -1.02. The first-order valence-corrected chi connectivity index (χ1v) is 7.65. The SMILES string of the molecule is COc1cccc([C@H]2CC[C@@H]3CCCC[C@@H]3N2C)c1. The van der Waals surface area contributed by atoms with E-state index in [1.807, 2.05) is 6.07 Å². The zero-order valence-electron chi connectivity index (χ0n) is 12.1. The summed E-state index contributed by atoms with van der Waals surface area (Å²) in [5.41, 5.74) is 1.42. The molecule has 1 saturated heterocycles. The Morgan fingerprint density at radius 2 is 1.95 bits per heavy atom. The van der Waals surface area contributed by atoms with Crippen molar-refractivity contribution in [2.45, 2.75) is 50.6 Å². The van der Waals surface area contributed by atoms with Gasteiger partial charge in [0, 0.05) is 12.1 Å². The molecule has 1 aliphatic carbocycles. The van der Waals surface area contributed by atoms with E-state index in [1.165, 1.54) is 44.1 Å². The van der Waals surface area contributed by atoms with Crippen molar-refractivity contribution in [3.8, 4) is 5.75 Å². The van der Waals surface area contributed by atoms with Crippen molar-refractivity contribution in [3.63, 3.8) is 0 Å². The molecule has 0 spiro atoms. The second-order valence-electron chi connectivity index (χ2n) is 6.15. The molecule has 104 valence electrons. The van der Waals surface area contributed by atoms with Gasteiger partial charge in [0.25, 0.3) is 0 Å². The predicted molar refractivity (Wildman–Crippen MR) is 78.5 cm³/mol. The van der Waals surface area contributed by atoms with Gasteiger partial charge >= 0.3 is 0 Å². The van der Waals surface area contributed by atoms with Gasteiger partial charge in [0.15, 0.2) is 0 Å². The van der Waals surface area contributed by atoms with Crippen LogP contribution in [0.25, 0.3) is 0 Å². The van der Waals surface area contributed by atoms with Crippen LogP contribution in [0.1, 0.15) is 50.1 Å². The van der Waals surface area contributed by atoms with Gasteiger partial charge in [0.2, 0.25) is 0 Å². The largest absolute Gasteiger partial charge is 0.497 e. The summed E-state index contributed by atoms with van der Waals surface area (Å²) >= 11 is 0. The number of likely N-dealkylation sites (tertiary alicyclic amines) is 1. The first kappa shape index (κ1) is 13.0. The van der Waals surface area contributed by atoms with E-state index in [4.69, 9.17) is 4.74 Å². The monoisotopic (exact) mass is 259 g/mol. The van der Waals surface area contributed by atoms with Crippen molar-refractivity contribution in [1.29, 1.82) is 0 Å². The van der Waals surface area contributed by atoms with Crippen LogP contribution in [0.3, 0.4) is 0 Å². The zero-order chi connectivity index (χ0) is 13.2. The standard InChI is InChI=1S/C17H25NO/c1-18-16-9-4-3-6-13(16)10-11-17(18)14-7-5-8-15(12-14)19-2/h5,7-8,12-13,16-17H,3-4,6,9-11H2,1-2H3/t13-,16-,17+/m0/s1. The maximum Gasteiger partial charge on any atom is 0.119 e. The third kappa shape index (κ3) is 2.51. The highest BCUT2D eigenvalue weighted by Gasteiger charge is 2.36. The summed E-state index contributed by atoms with van der Waals surface area (Å²) in [6.07, 6.45) is 8.39. The molecule has 0 N–H and O–H groups in total. The van der Waals surface area contributed by atoms with Gasteiger partial charge < -0.3 is 4.74 Å². The van der Waals surface area contributed by atoms with E-state index in [-0.39, 0.29) is 0 Å². The van der Waals surface area contributed by atoms with Gasteiger partial charge in [-0.1, -0.05) is 25.0 Å². The lowest BCUT2D eigenvalue weighted by atomic mass is 9.75. The lowest BCUT2D eigenvalue weighted by Crippen LogP contribution is -2.46. The molecular formula is C17H25NO. The van der Waals surface area contributed by atoms with E-state index in [0.717, 1.165) is 17.7 Å². The molecule has 1 saturated carbocycles. The number of hydrogen-bond donors (Lipinski definition) is 0. The van der Waals surface area contributed by atoms with Crippen molar-refractivity contribution in [3.05, 3.63) is 29.8 Å². The molecule has 3 rings (SSSR count). The quantitative estimate of drug-likeness (QED) is 0.795. The van der Waals surface area contributed by atoms with Crippen LogP contribution in [0.2, 0.25) is 0 Å². The summed E-state index contributed by atoms with van der Waals surface area (Å²) in [4.78, 5) is 2.64. The molecule has 3 atom stereocenters. The highest BCUT2D eigenvalue weighted by Crippen LogP contribution is 2.42. The van der Waals surface area contributed by atoms with Crippen LogP contribution < -0.4 is 4.74 Å². The maximum atomic E-state index is 5.37. The van der Waals surface area contributed by atoms with Crippen LogP contribution in [0.15, 0.2) is 24.3 Å². The number of methoxy groups -OCH3 is 1. The average molecular weight is 259 g/mol. The number of fused-ring (bicyclic) bond motifs is 1. The van der Waals surface area contributed by atoms with E-state index in [9.17, 15) is 0 Å². The molecule has 1 aromatic carbocycles. The van der Waals surface area contributed by atoms with Crippen LogP contribution in [0.4, 0.5) is 0 Å². The minimum absolute atomic E-state index is 0.578. The average Bonchev–Trinajstić information content (AvgIpc) is 2.48. The smallest absolute Gasteiger partial charge is 0.119 e. The molecule has 2 nitrogen and oxygen atoms in total. The number of rotatable bonds is 2. The van der Waals surface area contributed by atoms with Crippen LogP contribution in [0.5, 0.6) is 5.75 Å². The number of hydrogen-bond acceptors (Lipinski definition) is 2. The summed E-state index contributed by atoms with van der Waals surface area (Å²) in [6, 6.07) is 10.0. The van der Waals surface area contributed by atoms with Crippen molar-refractivity contribution in [1.82, 2.24) is 4.90 Å². The van der Waals surface area contributed by atoms with E-state index >= 15 is 0 Å². The minimum atomic E-state index is 0.578. The van der Waals surface area contributed by atoms with Crippen molar-refractivity contribution in [2.75, 3.05) is 14.2 Å². The highest BCUT2D eigenvalue weighted by molar-refractivity contribution is 5.31. The molecule has 1 aromatic rings. The molecule has 1 aliphatic heterocycles. The Labute approximate surface area is 116 Å². The second-order valence-corrected chi connectivity index (χ2v) is 6.15. The first-order valence-electron chi connectivity index (χ1n) is 7.65. The Morgan fingerprint density at radius 1 is 1.11 bits per heavy atom. The minimum Gasteiger partial charge on any atom is -0.497 e. The Balaban J connectivity index is 1.80. The Bertz CT molecular complexity index is 431. The fraction of sp³-hybridized carbons (Fsp3) is 0.647. The fourth-order valence-corrected chi connectivity index (χ4v) is 4.12. The van der Waals surface area contributed by atoms with Gasteiger partial charge in [-0.25, -0.2) is 0 Å². The molecule has 2 fully saturated rings. The van der Waals surface area contributed by atoms with Gasteiger partial charge in [0.1, 0.15) is 5.75 Å². The molecule has 2 heteroatoms. The molecule has 19 heavy (non-hydrogen) atoms. The van der Waals surface area contributed by atoms with Gasteiger partial charge in [-0.3, -0.25) is 4.90 Å². The molecular weight excluding hydrogens is 234 g/mol. The fourth-order valence-electron chi connectivity index (χ4n) is 4.12. The number of piperidine rings is 1. The van der Waals surface area contributed by atoms with E-state index in [0.29, 0.717) is 6.04 Å². The zero-order valence-corrected chi connectivity index (χ0v) is 12.1. The van der Waals surface area contributed by atoms with Crippen LogP contribution in [-0.2, 0) is 0 Å². The first-order chi connectivity index (χ1) is 9.29. The Kier molecular flexibility index (Phi) is 3.79. The lowest BCUT2D eigenvalue weighted by molar-refractivity contribution is 0.0363. The van der Waals surface area contributed by atoms with E-state index in [1.54, 1.807) is 7.11 Å². The second kappa shape index (κ2) is 5.54. The summed E-state index contributed by atoms with van der Waals surface area (Å²) < 4.78 is 5.37. The summed E-state index contributed by atoms with van der Waals surface area (Å²) in [5, 5.41) is 0. The number of nitrogens with zero attached hydrogens (tertiary/aromatic N) is 1. The third-order valence-electron chi connectivity index (χ3n) is 5.17. The third-order valence-corrected chi connectivity index (χ3v) is 5.17. The molecule has 0 radical (unpaired) electrons. The molecule has 2 aliphatic rings. The van der Waals surface area contributed by atoms with Gasteiger partial charge in [0.05, 0.1) is 7.11 Å². The number of benzene rings is 1. The van der Waals surface area contributed by atoms with Crippen molar-refractivity contribution >= 4 is 0 Å². The van der Waals surface area contributed by atoms with E-state index in [2.05, 4.69) is 30.1 Å². The molecule has 0 unspecified atom stereocenters. The van der Waals surface area contributed by atoms with Gasteiger partial charge in [-0.05, 0) is 56.3 Å². The maximum absolute atomic E-state index is 5.37. The lowest BCUT2D eigenvalue weighted by Gasteiger charge is -2.47. The molecule has 0 bridgehead atoms. The summed E-state index contributed by atoms with van der Waals surface area (Å²) in [6.45, 7) is 0. The predicted octanol–water partition coefficient (Wildman–Crippen LogP) is 4.02. The molecule has 0 amide bonds. The normalized spacial score (nSPS) is 31.8. The van der Waals surface area contributed by atoms with E-state index < -0.39 is 0 Å². The van der Waals surface area contributed by atoms with Crippen molar-refractivity contribution in [2.24, 2.45) is 5.92 Å². The van der Waals surface area contributed by atoms with Gasteiger partial charge in [-0.2, -0.15) is 0 Å². The van der Waals surface area contributed by atoms with Crippen LogP contribution in [-0.4, -0.2) is 25.1 Å². The molecule has 1 heterocycles. The topological polar surface area (TPSA) is 12.5 Å². The van der Waals surface area contributed by atoms with Crippen molar-refractivity contribution < 1.29 is 4.74 Å². The highest BCUT2D eigenvalue weighted by atomic mass is 16.5.